The van der Waals surface area contributed by atoms with E-state index in [4.69, 9.17) is 5.26 Å². The van der Waals surface area contributed by atoms with E-state index in [9.17, 15) is 4.39 Å². The summed E-state index contributed by atoms with van der Waals surface area (Å²) in [5.74, 6) is 0. The van der Waals surface area contributed by atoms with Crippen LogP contribution in [0.1, 0.15) is 19.4 Å². The molecular weight excluding hydrogens is 165 g/mol. The van der Waals surface area contributed by atoms with Gasteiger partial charge in [-0.15, -0.1) is 0 Å². The van der Waals surface area contributed by atoms with Gasteiger partial charge in [0.1, 0.15) is 12.4 Å². The highest BCUT2D eigenvalue weighted by Crippen LogP contribution is 2.11. The first-order valence-electron chi connectivity index (χ1n) is 4.14. The van der Waals surface area contributed by atoms with Crippen molar-refractivity contribution >= 4 is 5.57 Å². The van der Waals surface area contributed by atoms with Crippen molar-refractivity contribution in [1.82, 2.24) is 0 Å². The molecule has 0 saturated heterocycles. The van der Waals surface area contributed by atoms with E-state index in [1.54, 1.807) is 30.3 Å². The Kier molecular flexibility index (Phi) is 6.17. The maximum absolute atomic E-state index is 12.0. The van der Waals surface area contributed by atoms with Crippen LogP contribution in [0.2, 0.25) is 0 Å². The van der Waals surface area contributed by atoms with Gasteiger partial charge >= 0.3 is 0 Å². The van der Waals surface area contributed by atoms with Crippen LogP contribution in [-0.4, -0.2) is 0 Å². The van der Waals surface area contributed by atoms with Crippen molar-refractivity contribution in [2.24, 2.45) is 0 Å². The van der Waals surface area contributed by atoms with Gasteiger partial charge in [0, 0.05) is 0 Å². The fraction of sp³-hybridized carbons (Fsp3) is 0.182. The van der Waals surface area contributed by atoms with Crippen LogP contribution in [0.25, 0.3) is 5.57 Å². The van der Waals surface area contributed by atoms with Crippen molar-refractivity contribution in [3.63, 3.8) is 0 Å². The molecule has 0 amide bonds. The molecule has 0 aliphatic rings. The molecule has 0 aliphatic heterocycles. The molecule has 0 aromatic heterocycles. The Labute approximate surface area is 78.1 Å². The zero-order valence-corrected chi connectivity index (χ0v) is 7.79. The van der Waals surface area contributed by atoms with Gasteiger partial charge in [-0.1, -0.05) is 44.2 Å². The fourth-order valence-corrected chi connectivity index (χ4v) is 0.770. The molecule has 0 bridgehead atoms. The summed E-state index contributed by atoms with van der Waals surface area (Å²) >= 11 is 0. The van der Waals surface area contributed by atoms with Crippen molar-refractivity contribution in [2.45, 2.75) is 13.8 Å². The number of rotatable bonds is 1. The third-order valence-electron chi connectivity index (χ3n) is 1.31. The minimum absolute atomic E-state index is 0.0607. The Morgan fingerprint density at radius 2 is 1.85 bits per heavy atom. The topological polar surface area (TPSA) is 23.8 Å². The third-order valence-corrected chi connectivity index (χ3v) is 1.31. The number of halogens is 1. The van der Waals surface area contributed by atoms with Gasteiger partial charge in [0.25, 0.3) is 0 Å². The van der Waals surface area contributed by atoms with E-state index >= 15 is 0 Å². The first-order chi connectivity index (χ1) is 6.38. The normalized spacial score (nSPS) is 9.54. The van der Waals surface area contributed by atoms with E-state index in [0.29, 0.717) is 11.9 Å². The summed E-state index contributed by atoms with van der Waals surface area (Å²) in [6.07, 6.45) is 0.315. The summed E-state index contributed by atoms with van der Waals surface area (Å²) in [6.45, 7) is 4.00. The quantitative estimate of drug-likeness (QED) is 0.602. The van der Waals surface area contributed by atoms with Crippen molar-refractivity contribution in [3.8, 4) is 6.07 Å². The van der Waals surface area contributed by atoms with Gasteiger partial charge in [0.2, 0.25) is 0 Å². The fourth-order valence-electron chi connectivity index (χ4n) is 0.770. The standard InChI is InChI=1S/C9H6FN.C2H6/c10-6-9(7-11)8-4-2-1-3-5-8;1-2/h1-6H;1-2H3/b9-6+;. The van der Waals surface area contributed by atoms with Gasteiger partial charge in [0.05, 0.1) is 5.57 Å². The summed E-state index contributed by atoms with van der Waals surface area (Å²) < 4.78 is 12.0. The molecule has 0 aliphatic carbocycles. The minimum atomic E-state index is 0.0607. The highest BCUT2D eigenvalue weighted by molar-refractivity contribution is 5.75. The maximum Gasteiger partial charge on any atom is 0.105 e. The molecule has 1 nitrogen and oxygen atoms in total. The summed E-state index contributed by atoms with van der Waals surface area (Å²) in [7, 11) is 0. The van der Waals surface area contributed by atoms with Crippen molar-refractivity contribution < 1.29 is 4.39 Å². The van der Waals surface area contributed by atoms with E-state index in [1.165, 1.54) is 0 Å². The number of allylic oxidation sites excluding steroid dienone is 1. The van der Waals surface area contributed by atoms with Crippen LogP contribution in [0.3, 0.4) is 0 Å². The molecule has 0 N–H and O–H groups in total. The molecule has 1 rings (SSSR count). The number of nitrogens with zero attached hydrogens (tertiary/aromatic N) is 1. The molecule has 2 heteroatoms. The number of nitriles is 1. The van der Waals surface area contributed by atoms with Crippen LogP contribution in [0, 0.1) is 11.3 Å². The van der Waals surface area contributed by atoms with Crippen molar-refractivity contribution in [3.05, 3.63) is 42.2 Å². The average molecular weight is 177 g/mol. The van der Waals surface area contributed by atoms with Crippen LogP contribution in [0.15, 0.2) is 36.7 Å². The van der Waals surface area contributed by atoms with Gasteiger partial charge in [-0.3, -0.25) is 0 Å². The highest BCUT2D eigenvalue weighted by atomic mass is 19.1. The highest BCUT2D eigenvalue weighted by Gasteiger charge is 1.96. The Morgan fingerprint density at radius 3 is 2.23 bits per heavy atom. The van der Waals surface area contributed by atoms with E-state index in [0.717, 1.165) is 0 Å². The molecule has 0 fully saturated rings. The van der Waals surface area contributed by atoms with Crippen LogP contribution >= 0.6 is 0 Å². The monoisotopic (exact) mass is 177 g/mol. The molecule has 0 saturated carbocycles. The molecule has 1 aromatic rings. The second-order valence-electron chi connectivity index (χ2n) is 2.00. The second kappa shape index (κ2) is 7.05. The first kappa shape index (κ1) is 11.4. The van der Waals surface area contributed by atoms with Crippen LogP contribution in [0.4, 0.5) is 4.39 Å². The Hall–Kier alpha value is -1.62. The van der Waals surface area contributed by atoms with E-state index < -0.39 is 0 Å². The molecule has 13 heavy (non-hydrogen) atoms. The molecule has 0 heterocycles. The van der Waals surface area contributed by atoms with Gasteiger partial charge in [-0.25, -0.2) is 4.39 Å². The lowest BCUT2D eigenvalue weighted by Crippen LogP contribution is -1.77. The Bertz CT molecular complexity index is 296. The van der Waals surface area contributed by atoms with Crippen LogP contribution < -0.4 is 0 Å². The summed E-state index contributed by atoms with van der Waals surface area (Å²) in [6, 6.07) is 10.5. The predicted octanol–water partition coefficient (Wildman–Crippen LogP) is 3.55. The van der Waals surface area contributed by atoms with Gasteiger partial charge < -0.3 is 0 Å². The lowest BCUT2D eigenvalue weighted by Gasteiger charge is -1.93. The summed E-state index contributed by atoms with van der Waals surface area (Å²) in [4.78, 5) is 0. The van der Waals surface area contributed by atoms with E-state index in [-0.39, 0.29) is 5.57 Å². The SMILES string of the molecule is CC.N#C/C(=C\F)c1ccccc1. The lowest BCUT2D eigenvalue weighted by atomic mass is 10.1. The minimum Gasteiger partial charge on any atom is -0.214 e. The maximum atomic E-state index is 12.0. The molecular formula is C11H12FN. The third kappa shape index (κ3) is 3.53. The summed E-state index contributed by atoms with van der Waals surface area (Å²) in [5.41, 5.74) is 0.670. The lowest BCUT2D eigenvalue weighted by molar-refractivity contribution is 0.725. The van der Waals surface area contributed by atoms with E-state index in [2.05, 4.69) is 0 Å². The molecule has 1 aromatic carbocycles. The zero-order chi connectivity index (χ0) is 10.1. The Morgan fingerprint density at radius 1 is 1.31 bits per heavy atom. The average Bonchev–Trinajstić information content (AvgIpc) is 2.24. The summed E-state index contributed by atoms with van der Waals surface area (Å²) in [5, 5.41) is 8.42. The van der Waals surface area contributed by atoms with Gasteiger partial charge in [-0.2, -0.15) is 5.26 Å². The molecule has 0 atom stereocenters. The number of hydrogen-bond acceptors (Lipinski definition) is 1. The molecule has 0 spiro atoms. The van der Waals surface area contributed by atoms with E-state index in [1.807, 2.05) is 19.9 Å². The number of benzene rings is 1. The Balaban J connectivity index is 0.000000671. The zero-order valence-electron chi connectivity index (χ0n) is 7.79. The van der Waals surface area contributed by atoms with Gasteiger partial charge in [-0.05, 0) is 5.56 Å². The molecule has 68 valence electrons. The van der Waals surface area contributed by atoms with Crippen LogP contribution in [-0.2, 0) is 0 Å². The molecule has 0 radical (unpaired) electrons. The molecule has 0 unspecified atom stereocenters. The van der Waals surface area contributed by atoms with Crippen molar-refractivity contribution in [2.75, 3.05) is 0 Å². The largest absolute Gasteiger partial charge is 0.214 e. The number of hydrogen-bond donors (Lipinski definition) is 0. The van der Waals surface area contributed by atoms with Crippen molar-refractivity contribution in [1.29, 1.82) is 5.26 Å². The first-order valence-corrected chi connectivity index (χ1v) is 4.14. The smallest absolute Gasteiger partial charge is 0.105 e. The second-order valence-corrected chi connectivity index (χ2v) is 2.00. The van der Waals surface area contributed by atoms with Crippen LogP contribution in [0.5, 0.6) is 0 Å². The van der Waals surface area contributed by atoms with Gasteiger partial charge in [0.15, 0.2) is 0 Å². The predicted molar refractivity (Wildman–Crippen MR) is 52.5 cm³/mol.